The molecule has 6 N–H and O–H groups in total. The first-order valence-corrected chi connectivity index (χ1v) is 35.6. The van der Waals surface area contributed by atoms with Crippen LogP contribution in [0.1, 0.15) is 148 Å². The first-order valence-electron chi connectivity index (χ1n) is 33.2. The van der Waals surface area contributed by atoms with Gasteiger partial charge in [-0.15, -0.1) is 11.3 Å². The molecule has 4 aromatic rings. The summed E-state index contributed by atoms with van der Waals surface area (Å²) < 4.78 is 105. The zero-order valence-corrected chi connectivity index (χ0v) is 57.9. The number of nitrogens with one attached hydrogen (secondary N) is 4. The molecule has 1 aromatic heterocycles. The number of rotatable bonds is 26. The van der Waals surface area contributed by atoms with Gasteiger partial charge >= 0.3 is 25.6 Å². The first kappa shape index (κ1) is 76.2. The standard InChI is InChI=1S/C68H80F4N9O18PS/c1-6-78-27-26-45-16-19-54(81(45)65(90)52(35-78)76-62(87)56-33-43-32-44(15-21-55(43)101-56)68(71,72)100(93,96-36-94-66(91)98-38(2)3)97-37-95-67(92)99-39(4)5)61(86)74-50(18-22-57(73)82)59(84)75-51(31-41-14-17-48(69)49(70)30-41)64(89)79-28-24-40(25-29-79)10-7-8-11-42-12-9-13-46-47(42)34-80(63(46)88)53-20-23-58(83)77-60(53)85/h9,12-15,17,21,30,32-33,38-40,45,50-54H,6-7,10,16,18-20,22-29,31,34-37H2,1-5H3,(H2,73,82)(H,74,86)(H,75,84)(H,76,87)(H,77,83,85)/t45-,50+,51+,52+,53?,54+/m1/s1. The average Bonchev–Trinajstić information content (AvgIpc) is 1.76. The molecule has 4 saturated heterocycles. The van der Waals surface area contributed by atoms with Crippen molar-refractivity contribution in [3.05, 3.63) is 105 Å². The fourth-order valence-electron chi connectivity index (χ4n) is 12.8. The molecule has 5 aliphatic heterocycles. The van der Waals surface area contributed by atoms with Gasteiger partial charge in [-0.3, -0.25) is 62.1 Å². The summed E-state index contributed by atoms with van der Waals surface area (Å²) in [4.78, 5) is 154. The van der Waals surface area contributed by atoms with Crippen molar-refractivity contribution in [2.45, 2.75) is 172 Å². The summed E-state index contributed by atoms with van der Waals surface area (Å²) in [6.07, 6.45) is -1.77. The second kappa shape index (κ2) is 33.6. The van der Waals surface area contributed by atoms with E-state index in [0.717, 1.165) is 35.6 Å². The van der Waals surface area contributed by atoms with Crippen LogP contribution in [0.25, 0.3) is 10.1 Å². The molecule has 5 aliphatic rings. The average molecular weight is 1450 g/mol. The van der Waals surface area contributed by atoms with Gasteiger partial charge in [0.1, 0.15) is 30.2 Å². The van der Waals surface area contributed by atoms with Crippen LogP contribution in [0.2, 0.25) is 0 Å². The SMILES string of the molecule is CCN1CC[C@H]2CC[C@@H](C(=O)N[C@@H](CCC(N)=O)C(=O)N[C@@H](Cc3ccc(F)c(F)c3)C(=O)N3CCC(CCC#Cc4cccc5c4CN(C4CCC(=O)NC4=O)C5=O)CC3)N2C(=O)[C@@H](NC(=O)c2cc3cc(C(F)(F)P(=O)(OCOC(=O)OC(C)C)OCOC(=O)OC(C)C)ccc3s2)C1. The van der Waals surface area contributed by atoms with E-state index in [0.29, 0.717) is 68.3 Å². The minimum absolute atomic E-state index is 0.0331. The van der Waals surface area contributed by atoms with Crippen molar-refractivity contribution in [3.8, 4) is 11.8 Å². The molecular formula is C68H80F4N9O18PS. The molecule has 101 heavy (non-hydrogen) atoms. The van der Waals surface area contributed by atoms with Crippen LogP contribution in [0, 0.1) is 29.4 Å². The van der Waals surface area contributed by atoms with Crippen LogP contribution in [-0.2, 0) is 84.8 Å². The highest BCUT2D eigenvalue weighted by atomic mass is 32.1. The maximum absolute atomic E-state index is 16.5. The maximum atomic E-state index is 16.5. The first-order chi connectivity index (χ1) is 48.0. The smallest absolute Gasteiger partial charge is 0.432 e. The second-order valence-corrected chi connectivity index (χ2v) is 28.8. The number of carbonyl (C=O) groups excluding carboxylic acids is 11. The van der Waals surface area contributed by atoms with E-state index < -0.39 is 153 Å². The van der Waals surface area contributed by atoms with E-state index in [9.17, 15) is 66.1 Å². The topological polar surface area (TPSA) is 347 Å². The van der Waals surface area contributed by atoms with Crippen LogP contribution in [-0.4, -0.2) is 180 Å². The zero-order chi connectivity index (χ0) is 73.0. The van der Waals surface area contributed by atoms with E-state index in [2.05, 4.69) is 42.6 Å². The van der Waals surface area contributed by atoms with Crippen molar-refractivity contribution in [1.29, 1.82) is 0 Å². The number of nitrogens with two attached hydrogens (primary N) is 1. The van der Waals surface area contributed by atoms with Crippen LogP contribution in [0.4, 0.5) is 27.2 Å². The van der Waals surface area contributed by atoms with E-state index in [1.54, 1.807) is 23.1 Å². The fraction of sp³-hybridized carbons (Fsp3) is 0.515. The number of ether oxygens (including phenoxy) is 4. The summed E-state index contributed by atoms with van der Waals surface area (Å²) >= 11 is 0.861. The van der Waals surface area contributed by atoms with Crippen LogP contribution < -0.4 is 27.0 Å². The number of carbonyl (C=O) groups is 11. The Labute approximate surface area is 583 Å². The van der Waals surface area contributed by atoms with Crippen LogP contribution >= 0.6 is 18.9 Å². The molecule has 27 nitrogen and oxygen atoms in total. The molecule has 4 fully saturated rings. The number of nitrogens with zero attached hydrogens (tertiary/aromatic N) is 4. The number of fused-ring (bicyclic) bond motifs is 3. The Bertz CT molecular complexity index is 3920. The van der Waals surface area contributed by atoms with Crippen LogP contribution in [0.3, 0.4) is 0 Å². The van der Waals surface area contributed by atoms with Gasteiger partial charge in [-0.05, 0) is 151 Å². The quantitative estimate of drug-likeness (QED) is 0.0106. The molecule has 0 spiro atoms. The summed E-state index contributed by atoms with van der Waals surface area (Å²) in [5.74, 6) is -1.66. The number of imide groups is 1. The number of likely N-dealkylation sites (tertiary alicyclic amines) is 1. The van der Waals surface area contributed by atoms with Crippen molar-refractivity contribution >= 4 is 94.5 Å². The normalized spacial score (nSPS) is 19.7. The Kier molecular flexibility index (Phi) is 25.4. The third-order valence-electron chi connectivity index (χ3n) is 18.0. The molecule has 0 saturated carbocycles. The predicted octanol–water partition coefficient (Wildman–Crippen LogP) is 6.99. The van der Waals surface area contributed by atoms with E-state index in [4.69, 9.17) is 24.3 Å². The van der Waals surface area contributed by atoms with Gasteiger partial charge in [-0.1, -0.05) is 37.0 Å². The number of benzene rings is 3. The number of thiophene rings is 1. The Morgan fingerprint density at radius 2 is 1.52 bits per heavy atom. The molecule has 6 atom stereocenters. The Morgan fingerprint density at radius 3 is 2.18 bits per heavy atom. The molecule has 0 aliphatic carbocycles. The van der Waals surface area contributed by atoms with Crippen molar-refractivity contribution in [2.24, 2.45) is 11.7 Å². The lowest BCUT2D eigenvalue weighted by atomic mass is 9.91. The van der Waals surface area contributed by atoms with Gasteiger partial charge < -0.3 is 60.2 Å². The third kappa shape index (κ3) is 18.9. The second-order valence-electron chi connectivity index (χ2n) is 25.6. The van der Waals surface area contributed by atoms with Gasteiger partial charge in [0.25, 0.3) is 11.8 Å². The molecule has 9 rings (SSSR count). The summed E-state index contributed by atoms with van der Waals surface area (Å²) in [7, 11) is -5.79. The number of likely N-dealkylation sites (N-methyl/N-ethyl adjacent to an activating group) is 1. The summed E-state index contributed by atoms with van der Waals surface area (Å²) in [6, 6.07) is 5.68. The molecule has 6 heterocycles. The van der Waals surface area contributed by atoms with Crippen molar-refractivity contribution in [2.75, 3.05) is 46.3 Å². The van der Waals surface area contributed by atoms with Crippen molar-refractivity contribution in [1.82, 2.24) is 40.9 Å². The molecule has 544 valence electrons. The summed E-state index contributed by atoms with van der Waals surface area (Å²) in [6.45, 7) is 6.58. The lowest BCUT2D eigenvalue weighted by molar-refractivity contribution is -0.144. The molecule has 3 aromatic carbocycles. The van der Waals surface area contributed by atoms with Crippen LogP contribution in [0.15, 0.2) is 60.7 Å². The van der Waals surface area contributed by atoms with Crippen LogP contribution in [0.5, 0.6) is 0 Å². The number of alkyl halides is 2. The van der Waals surface area contributed by atoms with E-state index in [1.807, 2.05) is 11.8 Å². The highest BCUT2D eigenvalue weighted by Crippen LogP contribution is 2.67. The van der Waals surface area contributed by atoms with Gasteiger partial charge in [0.2, 0.25) is 54.9 Å². The van der Waals surface area contributed by atoms with Gasteiger partial charge in [-0.25, -0.2) is 18.4 Å². The predicted molar refractivity (Wildman–Crippen MR) is 353 cm³/mol. The number of piperidine rings is 2. The van der Waals surface area contributed by atoms with Gasteiger partial charge in [0.15, 0.2) is 11.6 Å². The van der Waals surface area contributed by atoms with E-state index >= 15 is 8.78 Å². The zero-order valence-electron chi connectivity index (χ0n) is 56.2. The monoisotopic (exact) mass is 1450 g/mol. The number of halogens is 4. The molecule has 1 unspecified atom stereocenters. The molecular weight excluding hydrogens is 1370 g/mol. The van der Waals surface area contributed by atoms with Gasteiger partial charge in [-0.2, -0.15) is 8.78 Å². The number of hydrogen-bond donors (Lipinski definition) is 5. The van der Waals surface area contributed by atoms with Crippen molar-refractivity contribution < 1.29 is 103 Å². The molecule has 33 heteroatoms. The highest BCUT2D eigenvalue weighted by molar-refractivity contribution is 7.54. The Hall–Kier alpha value is -9.02. The van der Waals surface area contributed by atoms with Crippen molar-refractivity contribution in [3.63, 3.8) is 0 Å². The molecule has 0 bridgehead atoms. The van der Waals surface area contributed by atoms with E-state index in [1.165, 1.54) is 55.7 Å². The minimum Gasteiger partial charge on any atom is -0.432 e. The minimum atomic E-state index is -5.79. The Balaban J connectivity index is 0.859. The van der Waals surface area contributed by atoms with Gasteiger partial charge in [0, 0.05) is 85.8 Å². The largest absolute Gasteiger partial charge is 0.510 e. The third-order valence-corrected chi connectivity index (χ3v) is 20.9. The number of amides is 9. The highest BCUT2D eigenvalue weighted by Gasteiger charge is 2.56. The number of primary amides is 1. The fourth-order valence-corrected chi connectivity index (χ4v) is 14.9. The maximum Gasteiger partial charge on any atom is 0.510 e. The Morgan fingerprint density at radius 1 is 0.822 bits per heavy atom. The lowest BCUT2D eigenvalue weighted by Crippen LogP contribution is -2.62. The van der Waals surface area contributed by atoms with Gasteiger partial charge in [0.05, 0.1) is 17.1 Å². The molecule has 0 radical (unpaired) electrons. The lowest BCUT2D eigenvalue weighted by Gasteiger charge is -2.38. The van der Waals surface area contributed by atoms with E-state index in [-0.39, 0.29) is 96.5 Å². The summed E-state index contributed by atoms with van der Waals surface area (Å²) in [5.41, 5.74) is 1.99. The molecule has 9 amide bonds. The number of hydrogen-bond acceptors (Lipinski definition) is 20. The summed E-state index contributed by atoms with van der Waals surface area (Å²) in [5, 5.41) is 10.5.